The van der Waals surface area contributed by atoms with E-state index in [9.17, 15) is 29.3 Å². The lowest BCUT2D eigenvalue weighted by Crippen LogP contribution is -2.51. The summed E-state index contributed by atoms with van der Waals surface area (Å²) in [6.45, 7) is 1.35. The van der Waals surface area contributed by atoms with Gasteiger partial charge < -0.3 is 19.5 Å². The molecule has 0 spiro atoms. The minimum absolute atomic E-state index is 0.0945. The maximum Gasteiger partial charge on any atom is 0.328 e. The lowest BCUT2D eigenvalue weighted by atomic mass is 9.87. The minimum Gasteiger partial charge on any atom is -0.468 e. The molecule has 0 bridgehead atoms. The quantitative estimate of drug-likeness (QED) is 0.217. The van der Waals surface area contributed by atoms with E-state index >= 15 is 0 Å². The van der Waals surface area contributed by atoms with Crippen molar-refractivity contribution in [3.63, 3.8) is 0 Å². The molecule has 1 amide bonds. The number of hydrogen-bond donors (Lipinski definition) is 1. The molecular weight excluding hydrogens is 376 g/mol. The molecule has 0 heterocycles. The molecule has 0 unspecified atom stereocenters. The zero-order valence-electron chi connectivity index (χ0n) is 15.7. The monoisotopic (exact) mass is 396 g/mol. The first-order valence-electron chi connectivity index (χ1n) is 7.96. The van der Waals surface area contributed by atoms with Crippen molar-refractivity contribution in [2.75, 3.05) is 21.3 Å². The van der Waals surface area contributed by atoms with Gasteiger partial charge >= 0.3 is 17.9 Å². The molecule has 152 valence electrons. The summed E-state index contributed by atoms with van der Waals surface area (Å²) in [7, 11) is 3.17. The van der Waals surface area contributed by atoms with Crippen molar-refractivity contribution in [2.45, 2.75) is 13.0 Å². The number of carbonyl (C=O) groups is 4. The van der Waals surface area contributed by atoms with Crippen molar-refractivity contribution in [3.8, 4) is 0 Å². The Morgan fingerprint density at radius 1 is 1.00 bits per heavy atom. The van der Waals surface area contributed by atoms with Crippen LogP contribution in [-0.4, -0.2) is 56.1 Å². The van der Waals surface area contributed by atoms with Crippen molar-refractivity contribution < 1.29 is 38.3 Å². The molecule has 1 N–H and O–H groups in total. The number of ether oxygens (including phenoxy) is 3. The van der Waals surface area contributed by atoms with Crippen LogP contribution in [0.3, 0.4) is 0 Å². The highest BCUT2D eigenvalue weighted by atomic mass is 16.6. The van der Waals surface area contributed by atoms with Gasteiger partial charge in [0.2, 0.25) is 0 Å². The van der Waals surface area contributed by atoms with E-state index in [2.05, 4.69) is 19.5 Å². The summed E-state index contributed by atoms with van der Waals surface area (Å²) in [6.07, 6.45) is 0. The normalized spacial score (nSPS) is 12.5. The Balaban J connectivity index is 3.20. The molecule has 1 aromatic carbocycles. The van der Waals surface area contributed by atoms with Gasteiger partial charge in [-0.15, -0.1) is 0 Å². The van der Waals surface area contributed by atoms with Crippen molar-refractivity contribution in [2.24, 2.45) is 11.8 Å². The van der Waals surface area contributed by atoms with E-state index in [1.807, 2.05) is 0 Å². The molecule has 0 aliphatic heterocycles. The minimum atomic E-state index is -1.51. The molecule has 0 radical (unpaired) electrons. The van der Waals surface area contributed by atoms with Crippen LogP contribution in [0, 0.1) is 22.0 Å². The van der Waals surface area contributed by atoms with Gasteiger partial charge in [-0.2, -0.15) is 0 Å². The standard InChI is InChI=1S/C17H20N2O9/c1-9(12(15(21)26-2)16(22)27-3)13(17(23)28-4)18-14(20)10-6-5-7-11(8-10)19(24)25/h5-9,12-13H,1-4H3,(H,18,20)/t9-,13-/m0/s1. The smallest absolute Gasteiger partial charge is 0.328 e. The Hall–Kier alpha value is -3.50. The van der Waals surface area contributed by atoms with E-state index in [0.29, 0.717) is 0 Å². The second-order valence-electron chi connectivity index (χ2n) is 5.66. The molecule has 0 aliphatic carbocycles. The number of nitro groups is 1. The number of nitro benzene ring substituents is 1. The average Bonchev–Trinajstić information content (AvgIpc) is 2.70. The lowest BCUT2D eigenvalue weighted by Gasteiger charge is -2.27. The van der Waals surface area contributed by atoms with Crippen molar-refractivity contribution >= 4 is 29.5 Å². The number of esters is 3. The molecule has 28 heavy (non-hydrogen) atoms. The third-order valence-electron chi connectivity index (χ3n) is 4.02. The van der Waals surface area contributed by atoms with Crippen molar-refractivity contribution in [3.05, 3.63) is 39.9 Å². The number of rotatable bonds is 8. The first-order valence-corrected chi connectivity index (χ1v) is 7.96. The lowest BCUT2D eigenvalue weighted by molar-refractivity contribution is -0.384. The van der Waals surface area contributed by atoms with Gasteiger partial charge in [-0.05, 0) is 6.07 Å². The third-order valence-corrected chi connectivity index (χ3v) is 4.02. The summed E-state index contributed by atoms with van der Waals surface area (Å²) in [6, 6.07) is 3.39. The maximum atomic E-state index is 12.5. The van der Waals surface area contributed by atoms with E-state index in [1.54, 1.807) is 0 Å². The van der Waals surface area contributed by atoms with Gasteiger partial charge in [0.15, 0.2) is 5.92 Å². The maximum absolute atomic E-state index is 12.5. The summed E-state index contributed by atoms with van der Waals surface area (Å²) in [4.78, 5) is 58.8. The summed E-state index contributed by atoms with van der Waals surface area (Å²) in [5.74, 6) is -6.29. The van der Waals surface area contributed by atoms with Crippen LogP contribution in [0.1, 0.15) is 17.3 Å². The predicted molar refractivity (Wildman–Crippen MR) is 93.1 cm³/mol. The Labute approximate surface area is 160 Å². The SMILES string of the molecule is COC(=O)C(C(=O)OC)[C@H](C)[C@H](NC(=O)c1cccc([N+](=O)[O-])c1)C(=O)OC. The van der Waals surface area contributed by atoms with Crippen LogP contribution in [0.15, 0.2) is 24.3 Å². The molecule has 0 saturated carbocycles. The summed E-state index contributed by atoms with van der Waals surface area (Å²) < 4.78 is 13.8. The molecule has 11 heteroatoms. The molecule has 0 aliphatic rings. The van der Waals surface area contributed by atoms with E-state index < -0.39 is 46.6 Å². The van der Waals surface area contributed by atoms with Crippen LogP contribution in [0.25, 0.3) is 0 Å². The Bertz CT molecular complexity index is 762. The highest BCUT2D eigenvalue weighted by molar-refractivity contribution is 5.99. The largest absolute Gasteiger partial charge is 0.468 e. The van der Waals surface area contributed by atoms with Crippen LogP contribution in [0.4, 0.5) is 5.69 Å². The Morgan fingerprint density at radius 3 is 2.00 bits per heavy atom. The number of nitrogens with one attached hydrogen (secondary N) is 1. The molecule has 1 aromatic rings. The van der Waals surface area contributed by atoms with Gasteiger partial charge in [0.1, 0.15) is 6.04 Å². The molecule has 0 fully saturated rings. The Kier molecular flexibility index (Phi) is 8.05. The van der Waals surface area contributed by atoms with Crippen molar-refractivity contribution in [1.29, 1.82) is 0 Å². The van der Waals surface area contributed by atoms with Gasteiger partial charge in [0.25, 0.3) is 11.6 Å². The molecule has 2 atom stereocenters. The molecule has 0 saturated heterocycles. The average molecular weight is 396 g/mol. The number of methoxy groups -OCH3 is 3. The Morgan fingerprint density at radius 2 is 1.54 bits per heavy atom. The molecule has 1 rings (SSSR count). The van der Waals surface area contributed by atoms with Gasteiger partial charge in [-0.3, -0.25) is 24.5 Å². The molecule has 11 nitrogen and oxygen atoms in total. The van der Waals surface area contributed by atoms with Crippen LogP contribution in [0.2, 0.25) is 0 Å². The number of nitrogens with zero attached hydrogens (tertiary/aromatic N) is 1. The van der Waals surface area contributed by atoms with Crippen LogP contribution < -0.4 is 5.32 Å². The summed E-state index contributed by atoms with van der Waals surface area (Å²) in [5.41, 5.74) is -0.416. The van der Waals surface area contributed by atoms with Gasteiger partial charge in [0, 0.05) is 23.6 Å². The van der Waals surface area contributed by atoms with Crippen LogP contribution in [0.5, 0.6) is 0 Å². The fourth-order valence-corrected chi connectivity index (χ4v) is 2.49. The van der Waals surface area contributed by atoms with E-state index in [0.717, 1.165) is 27.4 Å². The van der Waals surface area contributed by atoms with Crippen molar-refractivity contribution in [1.82, 2.24) is 5.32 Å². The van der Waals surface area contributed by atoms with E-state index in [1.165, 1.54) is 25.1 Å². The third kappa shape index (κ3) is 5.25. The first-order chi connectivity index (χ1) is 13.2. The zero-order chi connectivity index (χ0) is 21.4. The second-order valence-corrected chi connectivity index (χ2v) is 5.66. The fraction of sp³-hybridized carbons (Fsp3) is 0.412. The summed E-state index contributed by atoms with van der Waals surface area (Å²) >= 11 is 0. The topological polar surface area (TPSA) is 151 Å². The van der Waals surface area contributed by atoms with E-state index in [4.69, 9.17) is 0 Å². The van der Waals surface area contributed by atoms with Gasteiger partial charge in [0.05, 0.1) is 26.3 Å². The zero-order valence-corrected chi connectivity index (χ0v) is 15.7. The predicted octanol–water partition coefficient (Wildman–Crippen LogP) is 0.464. The highest BCUT2D eigenvalue weighted by Gasteiger charge is 2.42. The van der Waals surface area contributed by atoms with E-state index in [-0.39, 0.29) is 11.3 Å². The first kappa shape index (κ1) is 22.5. The number of hydrogen-bond acceptors (Lipinski definition) is 9. The van der Waals surface area contributed by atoms with Crippen LogP contribution >= 0.6 is 0 Å². The number of non-ortho nitro benzene ring substituents is 1. The molecule has 0 aromatic heterocycles. The fourth-order valence-electron chi connectivity index (χ4n) is 2.49. The molecular formula is C17H20N2O9. The number of carbonyl (C=O) groups excluding carboxylic acids is 4. The second kappa shape index (κ2) is 10.00. The number of amides is 1. The van der Waals surface area contributed by atoms with Crippen LogP contribution in [-0.2, 0) is 28.6 Å². The highest BCUT2D eigenvalue weighted by Crippen LogP contribution is 2.21. The van der Waals surface area contributed by atoms with Gasteiger partial charge in [-0.25, -0.2) is 4.79 Å². The number of benzene rings is 1. The van der Waals surface area contributed by atoms with Gasteiger partial charge in [-0.1, -0.05) is 13.0 Å². The summed E-state index contributed by atoms with van der Waals surface area (Å²) in [5, 5.41) is 13.2.